The molecule has 1 heterocycles. The number of alkyl halides is 1. The number of aryl methyl sites for hydroxylation is 1. The smallest absolute Gasteiger partial charge is 0.257 e. The number of rotatable bonds is 5. The third kappa shape index (κ3) is 3.24. The van der Waals surface area contributed by atoms with Crippen LogP contribution in [0.1, 0.15) is 32.0 Å². The van der Waals surface area contributed by atoms with E-state index in [-0.39, 0.29) is 10.4 Å². The van der Waals surface area contributed by atoms with Gasteiger partial charge in [-0.15, -0.1) is 11.6 Å². The zero-order chi connectivity index (χ0) is 13.2. The van der Waals surface area contributed by atoms with E-state index >= 15 is 0 Å². The molecule has 2 rings (SSSR count). The van der Waals surface area contributed by atoms with Crippen molar-refractivity contribution >= 4 is 21.6 Å². The maximum absolute atomic E-state index is 12.0. The molecule has 0 bridgehead atoms. The lowest BCUT2D eigenvalue weighted by Crippen LogP contribution is -2.29. The van der Waals surface area contributed by atoms with Crippen molar-refractivity contribution in [2.75, 3.05) is 6.54 Å². The molecule has 5 nitrogen and oxygen atoms in total. The number of halogens is 1. The molecule has 1 aliphatic rings. The molecule has 1 saturated carbocycles. The summed E-state index contributed by atoms with van der Waals surface area (Å²) >= 11 is 6.00. The monoisotopic (exact) mass is 291 g/mol. The molecule has 2 N–H and O–H groups in total. The van der Waals surface area contributed by atoms with Gasteiger partial charge in [-0.3, -0.25) is 0 Å². The van der Waals surface area contributed by atoms with E-state index in [2.05, 4.69) is 14.7 Å². The molecule has 0 amide bonds. The van der Waals surface area contributed by atoms with Crippen LogP contribution in [-0.4, -0.2) is 30.3 Å². The van der Waals surface area contributed by atoms with Gasteiger partial charge < -0.3 is 4.98 Å². The number of hydrogen-bond donors (Lipinski definition) is 2. The predicted octanol–water partition coefficient (Wildman–Crippen LogP) is 1.66. The molecule has 1 aromatic heterocycles. The van der Waals surface area contributed by atoms with Crippen molar-refractivity contribution in [3.8, 4) is 0 Å². The minimum atomic E-state index is -3.47. The van der Waals surface area contributed by atoms with Crippen LogP contribution in [-0.2, 0) is 16.4 Å². The number of imidazole rings is 1. The van der Waals surface area contributed by atoms with E-state index in [9.17, 15) is 8.42 Å². The van der Waals surface area contributed by atoms with Crippen molar-refractivity contribution in [3.63, 3.8) is 0 Å². The molecule has 1 fully saturated rings. The zero-order valence-corrected chi connectivity index (χ0v) is 11.9. The average Bonchev–Trinajstić information content (AvgIpc) is 2.95. The molecule has 1 aromatic rings. The molecule has 0 aliphatic heterocycles. The first-order valence-electron chi connectivity index (χ1n) is 6.19. The molecule has 0 spiro atoms. The van der Waals surface area contributed by atoms with Crippen LogP contribution in [0.5, 0.6) is 0 Å². The Labute approximate surface area is 112 Å². The van der Waals surface area contributed by atoms with Crippen molar-refractivity contribution in [1.82, 2.24) is 14.7 Å². The Morgan fingerprint density at radius 1 is 1.56 bits per heavy atom. The fourth-order valence-electron chi connectivity index (χ4n) is 2.16. The van der Waals surface area contributed by atoms with Crippen LogP contribution in [0.3, 0.4) is 0 Å². The van der Waals surface area contributed by atoms with Crippen molar-refractivity contribution in [2.24, 2.45) is 5.92 Å². The minimum absolute atomic E-state index is 0.139. The molecule has 1 aliphatic carbocycles. The lowest BCUT2D eigenvalue weighted by atomic mass is 10.1. The van der Waals surface area contributed by atoms with E-state index in [1.807, 2.05) is 6.92 Å². The van der Waals surface area contributed by atoms with Crippen LogP contribution < -0.4 is 4.72 Å². The number of nitrogens with one attached hydrogen (secondary N) is 2. The van der Waals surface area contributed by atoms with E-state index in [0.717, 1.165) is 19.3 Å². The first-order chi connectivity index (χ1) is 8.51. The van der Waals surface area contributed by atoms with Crippen molar-refractivity contribution in [1.29, 1.82) is 0 Å². The first-order valence-corrected chi connectivity index (χ1v) is 8.11. The largest absolute Gasteiger partial charge is 0.332 e. The SMILES string of the molecule is CCc1ncc(S(=O)(=O)NCC2CCC(Cl)C2)[nH]1. The lowest BCUT2D eigenvalue weighted by molar-refractivity contribution is 0.518. The summed E-state index contributed by atoms with van der Waals surface area (Å²) in [5.41, 5.74) is 0. The fourth-order valence-corrected chi connectivity index (χ4v) is 3.60. The fraction of sp³-hybridized carbons (Fsp3) is 0.727. The molecule has 102 valence electrons. The normalized spacial score (nSPS) is 24.6. The Hall–Kier alpha value is -0.590. The third-order valence-corrected chi connectivity index (χ3v) is 5.00. The molecular weight excluding hydrogens is 274 g/mol. The molecule has 0 aromatic carbocycles. The van der Waals surface area contributed by atoms with Gasteiger partial charge in [0.25, 0.3) is 10.0 Å². The molecule has 0 saturated heterocycles. The standard InChI is InChI=1S/C11H18ClN3O2S/c1-2-10-13-7-11(15-10)18(16,17)14-6-8-3-4-9(12)5-8/h7-9,14H,2-6H2,1H3,(H,13,15). The summed E-state index contributed by atoms with van der Waals surface area (Å²) in [6, 6.07) is 0. The predicted molar refractivity (Wildman–Crippen MR) is 70.1 cm³/mol. The maximum atomic E-state index is 12.0. The van der Waals surface area contributed by atoms with Gasteiger partial charge in [-0.2, -0.15) is 0 Å². The summed E-state index contributed by atoms with van der Waals surface area (Å²) in [4.78, 5) is 6.80. The average molecular weight is 292 g/mol. The minimum Gasteiger partial charge on any atom is -0.332 e. The molecule has 2 atom stereocenters. The summed E-state index contributed by atoms with van der Waals surface area (Å²) < 4.78 is 26.6. The summed E-state index contributed by atoms with van der Waals surface area (Å²) in [5, 5.41) is 0.332. The number of aromatic amines is 1. The van der Waals surface area contributed by atoms with E-state index in [4.69, 9.17) is 11.6 Å². The van der Waals surface area contributed by atoms with Gasteiger partial charge in [-0.1, -0.05) is 6.92 Å². The van der Waals surface area contributed by atoms with Crippen LogP contribution in [0.2, 0.25) is 0 Å². The van der Waals surface area contributed by atoms with E-state index in [1.165, 1.54) is 6.20 Å². The van der Waals surface area contributed by atoms with Crippen molar-refractivity contribution in [2.45, 2.75) is 43.0 Å². The second-order valence-electron chi connectivity index (χ2n) is 4.68. The Morgan fingerprint density at radius 2 is 2.33 bits per heavy atom. The Kier molecular flexibility index (Phi) is 4.29. The quantitative estimate of drug-likeness (QED) is 0.810. The number of sulfonamides is 1. The van der Waals surface area contributed by atoms with Crippen LogP contribution >= 0.6 is 11.6 Å². The Balaban J connectivity index is 1.95. The molecule has 7 heteroatoms. The summed E-state index contributed by atoms with van der Waals surface area (Å²) in [7, 11) is -3.47. The maximum Gasteiger partial charge on any atom is 0.257 e. The highest BCUT2D eigenvalue weighted by Crippen LogP contribution is 2.29. The van der Waals surface area contributed by atoms with Gasteiger partial charge in [-0.05, 0) is 25.2 Å². The van der Waals surface area contributed by atoms with Gasteiger partial charge in [0, 0.05) is 18.3 Å². The van der Waals surface area contributed by atoms with Crippen molar-refractivity contribution < 1.29 is 8.42 Å². The topological polar surface area (TPSA) is 74.8 Å². The second-order valence-corrected chi connectivity index (χ2v) is 7.03. The van der Waals surface area contributed by atoms with Gasteiger partial charge in [0.15, 0.2) is 5.03 Å². The van der Waals surface area contributed by atoms with Crippen LogP contribution in [0.15, 0.2) is 11.2 Å². The Morgan fingerprint density at radius 3 is 2.89 bits per heavy atom. The van der Waals surface area contributed by atoms with Gasteiger partial charge in [0.05, 0.1) is 6.20 Å². The molecule has 18 heavy (non-hydrogen) atoms. The summed E-state index contributed by atoms with van der Waals surface area (Å²) in [5.74, 6) is 1.02. The number of aromatic nitrogens is 2. The van der Waals surface area contributed by atoms with Gasteiger partial charge in [0.2, 0.25) is 0 Å². The highest BCUT2D eigenvalue weighted by Gasteiger charge is 2.25. The second kappa shape index (κ2) is 5.59. The zero-order valence-electron chi connectivity index (χ0n) is 10.3. The lowest BCUT2D eigenvalue weighted by Gasteiger charge is -2.10. The highest BCUT2D eigenvalue weighted by atomic mass is 35.5. The van der Waals surface area contributed by atoms with Gasteiger partial charge >= 0.3 is 0 Å². The Bertz CT molecular complexity index is 500. The third-order valence-electron chi connectivity index (χ3n) is 3.27. The number of nitrogens with zero attached hydrogens (tertiary/aromatic N) is 1. The van der Waals surface area contributed by atoms with Gasteiger partial charge in [-0.25, -0.2) is 18.1 Å². The summed E-state index contributed by atoms with van der Waals surface area (Å²) in [6.45, 7) is 2.37. The van der Waals surface area contributed by atoms with Crippen LogP contribution in [0.4, 0.5) is 0 Å². The highest BCUT2D eigenvalue weighted by molar-refractivity contribution is 7.89. The summed E-state index contributed by atoms with van der Waals surface area (Å²) in [6.07, 6.45) is 4.89. The van der Waals surface area contributed by atoms with E-state index in [0.29, 0.717) is 24.7 Å². The van der Waals surface area contributed by atoms with E-state index < -0.39 is 10.0 Å². The molecule has 0 radical (unpaired) electrons. The molecular formula is C11H18ClN3O2S. The van der Waals surface area contributed by atoms with Gasteiger partial charge in [0.1, 0.15) is 5.82 Å². The van der Waals surface area contributed by atoms with Crippen molar-refractivity contribution in [3.05, 3.63) is 12.0 Å². The number of hydrogen-bond acceptors (Lipinski definition) is 3. The number of H-pyrrole nitrogens is 1. The molecule has 2 unspecified atom stereocenters. The van der Waals surface area contributed by atoms with E-state index in [1.54, 1.807) is 0 Å². The van der Waals surface area contributed by atoms with Crippen LogP contribution in [0.25, 0.3) is 0 Å². The first kappa shape index (κ1) is 13.8. The van der Waals surface area contributed by atoms with Crippen LogP contribution in [0, 0.1) is 5.92 Å².